The number of alkyl halides is 2. The van der Waals surface area contributed by atoms with E-state index in [1.165, 1.54) is 0 Å². The summed E-state index contributed by atoms with van der Waals surface area (Å²) in [6.07, 6.45) is 8.12. The van der Waals surface area contributed by atoms with Crippen LogP contribution in [-0.2, 0) is 9.59 Å². The van der Waals surface area contributed by atoms with Gasteiger partial charge in [0.05, 0.1) is 18.0 Å². The quantitative estimate of drug-likeness (QED) is 0.728. The molecule has 2 unspecified atom stereocenters. The van der Waals surface area contributed by atoms with E-state index in [0.717, 1.165) is 31.6 Å². The van der Waals surface area contributed by atoms with Crippen molar-refractivity contribution in [1.82, 2.24) is 19.8 Å². The topological polar surface area (TPSA) is 69.6 Å². The lowest BCUT2D eigenvalue weighted by atomic mass is 9.71. The number of nitrogens with zero attached hydrogens (tertiary/aromatic N) is 5. The lowest BCUT2D eigenvalue weighted by molar-refractivity contribution is -0.161. The molecule has 7 nitrogen and oxygen atoms in total. The summed E-state index contributed by atoms with van der Waals surface area (Å²) in [6.45, 7) is 1.65. The van der Waals surface area contributed by atoms with Gasteiger partial charge in [0.1, 0.15) is 11.9 Å². The van der Waals surface area contributed by atoms with Crippen LogP contribution in [0, 0.1) is 23.7 Å². The van der Waals surface area contributed by atoms with Crippen LogP contribution in [0.15, 0.2) is 18.6 Å². The van der Waals surface area contributed by atoms with Gasteiger partial charge in [0.25, 0.3) is 5.92 Å². The number of rotatable bonds is 2. The van der Waals surface area contributed by atoms with E-state index in [-0.39, 0.29) is 42.8 Å². The Kier molecular flexibility index (Phi) is 3.90. The van der Waals surface area contributed by atoms with Gasteiger partial charge in [0.15, 0.2) is 0 Å². The number of likely N-dealkylation sites (tertiary alicyclic amines) is 1. The number of halogens is 2. The summed E-state index contributed by atoms with van der Waals surface area (Å²) in [4.78, 5) is 40.7. The van der Waals surface area contributed by atoms with Crippen LogP contribution in [0.1, 0.15) is 25.7 Å². The van der Waals surface area contributed by atoms with Gasteiger partial charge in [-0.3, -0.25) is 14.6 Å². The number of aromatic nitrogens is 2. The van der Waals surface area contributed by atoms with Crippen molar-refractivity contribution < 1.29 is 18.4 Å². The van der Waals surface area contributed by atoms with E-state index in [1.54, 1.807) is 23.5 Å². The summed E-state index contributed by atoms with van der Waals surface area (Å²) in [7, 11) is 0. The molecular formula is C21H25F2N5O2. The van der Waals surface area contributed by atoms with Crippen molar-refractivity contribution in [3.63, 3.8) is 0 Å². The minimum Gasteiger partial charge on any atom is -0.355 e. The highest BCUT2D eigenvalue weighted by molar-refractivity contribution is 5.89. The van der Waals surface area contributed by atoms with E-state index >= 15 is 0 Å². The standard InChI is InChI=1S/C21H25F2N5O2/c22-21(23)14-10-27(11-15(14)21)20(30)19-13-6-12(16-2-1-3-18(29)28(16)19)8-26(9-13)17-7-24-4-5-25-17/h4-5,7,12-16,19H,1-3,6,8-11H2/t12-,13+,14?,15?,16-,19+/m0/s1. The van der Waals surface area contributed by atoms with Crippen molar-refractivity contribution in [1.29, 1.82) is 0 Å². The maximum Gasteiger partial charge on any atom is 0.258 e. The largest absolute Gasteiger partial charge is 0.355 e. The first-order valence-electron chi connectivity index (χ1n) is 10.9. The molecule has 1 aromatic heterocycles. The molecule has 1 aliphatic carbocycles. The molecular weight excluding hydrogens is 392 g/mol. The molecule has 0 radical (unpaired) electrons. The number of fused-ring (bicyclic) bond motifs is 5. The first-order valence-corrected chi connectivity index (χ1v) is 10.9. The molecule has 4 saturated heterocycles. The second kappa shape index (κ2) is 6.34. The van der Waals surface area contributed by atoms with Crippen LogP contribution in [0.5, 0.6) is 0 Å². The molecule has 9 heteroatoms. The maximum atomic E-state index is 13.7. The lowest BCUT2D eigenvalue weighted by Crippen LogP contribution is -2.68. The predicted octanol–water partition coefficient (Wildman–Crippen LogP) is 1.41. The van der Waals surface area contributed by atoms with Crippen molar-refractivity contribution in [2.24, 2.45) is 23.7 Å². The fourth-order valence-corrected chi connectivity index (χ4v) is 6.49. The fourth-order valence-electron chi connectivity index (χ4n) is 6.49. The van der Waals surface area contributed by atoms with Gasteiger partial charge >= 0.3 is 0 Å². The zero-order valence-corrected chi connectivity index (χ0v) is 16.7. The Morgan fingerprint density at radius 2 is 1.87 bits per heavy atom. The lowest BCUT2D eigenvalue weighted by Gasteiger charge is -2.56. The van der Waals surface area contributed by atoms with Gasteiger partial charge in [0, 0.05) is 57.0 Å². The van der Waals surface area contributed by atoms with Gasteiger partial charge in [-0.1, -0.05) is 0 Å². The van der Waals surface area contributed by atoms with Crippen LogP contribution >= 0.6 is 0 Å². The van der Waals surface area contributed by atoms with Gasteiger partial charge < -0.3 is 14.7 Å². The van der Waals surface area contributed by atoms with Crippen LogP contribution in [0.4, 0.5) is 14.6 Å². The summed E-state index contributed by atoms with van der Waals surface area (Å²) in [6, 6.07) is -0.515. The Labute approximate surface area is 173 Å². The number of carbonyl (C=O) groups excluding carboxylic acids is 2. The molecule has 5 fully saturated rings. The molecule has 160 valence electrons. The summed E-state index contributed by atoms with van der Waals surface area (Å²) >= 11 is 0. The van der Waals surface area contributed by atoms with Crippen LogP contribution < -0.4 is 4.90 Å². The van der Waals surface area contributed by atoms with E-state index in [9.17, 15) is 18.4 Å². The Hall–Kier alpha value is -2.32. The molecule has 1 saturated carbocycles. The number of anilines is 1. The molecule has 2 amide bonds. The monoisotopic (exact) mass is 417 g/mol. The summed E-state index contributed by atoms with van der Waals surface area (Å²) in [5, 5.41) is 0. The van der Waals surface area contributed by atoms with Crippen LogP contribution in [0.2, 0.25) is 0 Å². The first kappa shape index (κ1) is 18.4. The highest BCUT2D eigenvalue weighted by atomic mass is 19.3. The number of amides is 2. The van der Waals surface area contributed by atoms with Crippen LogP contribution in [0.25, 0.3) is 0 Å². The van der Waals surface area contributed by atoms with E-state index in [1.807, 2.05) is 4.90 Å². The van der Waals surface area contributed by atoms with E-state index < -0.39 is 23.8 Å². The normalized spacial score (nSPS) is 38.9. The fraction of sp³-hybridized carbons (Fsp3) is 0.714. The smallest absolute Gasteiger partial charge is 0.258 e. The molecule has 4 aliphatic heterocycles. The van der Waals surface area contributed by atoms with Crippen molar-refractivity contribution >= 4 is 17.6 Å². The molecule has 5 heterocycles. The third-order valence-corrected chi connectivity index (χ3v) is 7.98. The number of carbonyl (C=O) groups is 2. The highest BCUT2D eigenvalue weighted by Crippen LogP contribution is 2.59. The Morgan fingerprint density at radius 1 is 1.10 bits per heavy atom. The molecule has 0 aromatic carbocycles. The Bertz CT molecular complexity index is 869. The predicted molar refractivity (Wildman–Crippen MR) is 103 cm³/mol. The zero-order chi connectivity index (χ0) is 20.6. The third kappa shape index (κ3) is 2.59. The minimum atomic E-state index is -2.62. The first-order chi connectivity index (χ1) is 14.4. The molecule has 30 heavy (non-hydrogen) atoms. The van der Waals surface area contributed by atoms with Gasteiger partial charge in [-0.05, 0) is 25.2 Å². The van der Waals surface area contributed by atoms with Gasteiger partial charge in [-0.15, -0.1) is 0 Å². The van der Waals surface area contributed by atoms with Gasteiger partial charge in [0.2, 0.25) is 11.8 Å². The van der Waals surface area contributed by atoms with Crippen molar-refractivity contribution in [2.75, 3.05) is 31.1 Å². The number of hydrogen-bond acceptors (Lipinski definition) is 5. The second-order valence-corrected chi connectivity index (χ2v) is 9.56. The minimum absolute atomic E-state index is 0.0195. The van der Waals surface area contributed by atoms with Gasteiger partial charge in [-0.25, -0.2) is 13.8 Å². The Morgan fingerprint density at radius 3 is 2.60 bits per heavy atom. The van der Waals surface area contributed by atoms with Crippen molar-refractivity contribution in [2.45, 2.75) is 43.7 Å². The average molecular weight is 417 g/mol. The zero-order valence-electron chi connectivity index (χ0n) is 16.7. The molecule has 6 rings (SSSR count). The van der Waals surface area contributed by atoms with Crippen molar-refractivity contribution in [3.8, 4) is 0 Å². The molecule has 2 bridgehead atoms. The van der Waals surface area contributed by atoms with E-state index in [2.05, 4.69) is 14.9 Å². The summed E-state index contributed by atoms with van der Waals surface area (Å²) in [5.74, 6) is -3.06. The Balaban J connectivity index is 1.30. The second-order valence-electron chi connectivity index (χ2n) is 9.56. The molecule has 0 N–H and O–H groups in total. The van der Waals surface area contributed by atoms with E-state index in [0.29, 0.717) is 13.0 Å². The molecule has 0 spiro atoms. The number of piperidine rings is 4. The molecule has 5 aliphatic rings. The third-order valence-electron chi connectivity index (χ3n) is 7.98. The van der Waals surface area contributed by atoms with Crippen LogP contribution in [-0.4, -0.2) is 75.8 Å². The summed E-state index contributed by atoms with van der Waals surface area (Å²) < 4.78 is 27.3. The SMILES string of the molecule is O=C([C@H]1[C@@H]2C[C@@H](CN(c3cnccn3)C2)[C@@H]2CCCC(=O)N21)N1CC2C(C1)C2(F)F. The average Bonchev–Trinajstić information content (AvgIpc) is 3.08. The van der Waals surface area contributed by atoms with Crippen LogP contribution in [0.3, 0.4) is 0 Å². The maximum absolute atomic E-state index is 13.7. The van der Waals surface area contributed by atoms with Gasteiger partial charge in [-0.2, -0.15) is 0 Å². The molecule has 6 atom stereocenters. The summed E-state index contributed by atoms with van der Waals surface area (Å²) in [5.41, 5.74) is 0. The highest BCUT2D eigenvalue weighted by Gasteiger charge is 2.72. The number of hydrogen-bond donors (Lipinski definition) is 0. The van der Waals surface area contributed by atoms with E-state index in [4.69, 9.17) is 0 Å². The van der Waals surface area contributed by atoms with Crippen molar-refractivity contribution in [3.05, 3.63) is 18.6 Å². The molecule has 1 aromatic rings.